The number of nitro benzene ring substituents is 1. The third kappa shape index (κ3) is 3.91. The van der Waals surface area contributed by atoms with Crippen molar-refractivity contribution in [2.24, 2.45) is 5.92 Å². The maximum atomic E-state index is 11.6. The molecule has 1 unspecified atom stereocenters. The Hall–Kier alpha value is -2.64. The summed E-state index contributed by atoms with van der Waals surface area (Å²) in [5, 5.41) is 13.1. The third-order valence-electron chi connectivity index (χ3n) is 3.21. The van der Waals surface area contributed by atoms with Gasteiger partial charge in [0.1, 0.15) is 5.75 Å². The van der Waals surface area contributed by atoms with Crippen LogP contribution in [0.3, 0.4) is 0 Å². The summed E-state index contributed by atoms with van der Waals surface area (Å²) >= 11 is 0. The number of hydrogen-bond acceptors (Lipinski definition) is 5. The van der Waals surface area contributed by atoms with Gasteiger partial charge < -0.3 is 15.0 Å². The van der Waals surface area contributed by atoms with Gasteiger partial charge in [0.05, 0.1) is 4.92 Å². The van der Waals surface area contributed by atoms with Crippen LogP contribution in [-0.2, 0) is 4.79 Å². The number of carbonyl (C=O) groups excluding carboxylic acids is 2. The van der Waals surface area contributed by atoms with Gasteiger partial charge in [0, 0.05) is 44.6 Å². The van der Waals surface area contributed by atoms with Gasteiger partial charge >= 0.3 is 6.09 Å². The molecule has 2 amide bonds. The highest BCUT2D eigenvalue weighted by Crippen LogP contribution is 2.18. The molecule has 1 fully saturated rings. The molecule has 1 aromatic rings. The van der Waals surface area contributed by atoms with Crippen LogP contribution in [0, 0.1) is 16.0 Å². The molecule has 0 aliphatic carbocycles. The Bertz CT molecular complexity index is 557. The Labute approximate surface area is 120 Å². The van der Waals surface area contributed by atoms with Crippen molar-refractivity contribution in [3.8, 4) is 5.75 Å². The van der Waals surface area contributed by atoms with Crippen molar-refractivity contribution in [2.45, 2.75) is 6.42 Å². The first-order valence-electron chi connectivity index (χ1n) is 6.40. The molecule has 1 aliphatic heterocycles. The van der Waals surface area contributed by atoms with Gasteiger partial charge in [0.25, 0.3) is 5.69 Å². The lowest BCUT2D eigenvalue weighted by Gasteiger charge is -2.11. The predicted octanol–water partition coefficient (Wildman–Crippen LogP) is 1.16. The first-order valence-corrected chi connectivity index (χ1v) is 6.40. The second-order valence-electron chi connectivity index (χ2n) is 4.87. The summed E-state index contributed by atoms with van der Waals surface area (Å²) in [5.41, 5.74) is -0.0738. The first-order chi connectivity index (χ1) is 9.95. The number of likely N-dealkylation sites (tertiary alicyclic amines) is 1. The molecule has 0 spiro atoms. The lowest BCUT2D eigenvalue weighted by Crippen LogP contribution is -2.32. The van der Waals surface area contributed by atoms with Gasteiger partial charge in [-0.15, -0.1) is 0 Å². The molecule has 0 radical (unpaired) electrons. The smallest absolute Gasteiger partial charge is 0.410 e. The number of hydrogen-bond donors (Lipinski definition) is 1. The molecule has 8 heteroatoms. The van der Waals surface area contributed by atoms with Gasteiger partial charge in [-0.3, -0.25) is 14.9 Å². The average molecular weight is 293 g/mol. The van der Waals surface area contributed by atoms with Crippen molar-refractivity contribution in [3.05, 3.63) is 34.4 Å². The Morgan fingerprint density at radius 3 is 2.67 bits per heavy atom. The fraction of sp³-hybridized carbons (Fsp3) is 0.385. The lowest BCUT2D eigenvalue weighted by atomic mass is 10.1. The van der Waals surface area contributed by atoms with E-state index in [0.29, 0.717) is 19.5 Å². The molecule has 112 valence electrons. The monoisotopic (exact) mass is 293 g/mol. The van der Waals surface area contributed by atoms with Crippen molar-refractivity contribution in [1.82, 2.24) is 10.2 Å². The van der Waals surface area contributed by atoms with Gasteiger partial charge in [0.2, 0.25) is 5.91 Å². The maximum absolute atomic E-state index is 11.6. The zero-order chi connectivity index (χ0) is 15.4. The molecular weight excluding hydrogens is 278 g/mol. The van der Waals surface area contributed by atoms with Crippen LogP contribution in [0.1, 0.15) is 6.42 Å². The van der Waals surface area contributed by atoms with E-state index in [1.54, 1.807) is 11.9 Å². The Kier molecular flexibility index (Phi) is 4.36. The molecule has 1 N–H and O–H groups in total. The number of ether oxygens (including phenoxy) is 1. The van der Waals surface area contributed by atoms with Gasteiger partial charge in [-0.25, -0.2) is 4.79 Å². The molecule has 1 aromatic carbocycles. The minimum Gasteiger partial charge on any atom is -0.410 e. The highest BCUT2D eigenvalue weighted by molar-refractivity contribution is 5.78. The second kappa shape index (κ2) is 6.21. The summed E-state index contributed by atoms with van der Waals surface area (Å²) in [6, 6.07) is 5.22. The number of nitro groups is 1. The molecule has 1 heterocycles. The van der Waals surface area contributed by atoms with Crippen LogP contribution in [0.5, 0.6) is 5.75 Å². The van der Waals surface area contributed by atoms with Crippen LogP contribution in [0.2, 0.25) is 0 Å². The lowest BCUT2D eigenvalue weighted by molar-refractivity contribution is -0.384. The predicted molar refractivity (Wildman–Crippen MR) is 72.9 cm³/mol. The largest absolute Gasteiger partial charge is 0.412 e. The number of nitrogens with zero attached hydrogens (tertiary/aromatic N) is 2. The van der Waals surface area contributed by atoms with Crippen LogP contribution >= 0.6 is 0 Å². The van der Waals surface area contributed by atoms with Crippen molar-refractivity contribution < 1.29 is 19.2 Å². The Morgan fingerprint density at radius 2 is 2.14 bits per heavy atom. The summed E-state index contributed by atoms with van der Waals surface area (Å²) < 4.78 is 4.99. The van der Waals surface area contributed by atoms with Gasteiger partial charge in [-0.1, -0.05) is 0 Å². The molecule has 8 nitrogen and oxygen atoms in total. The molecule has 1 saturated heterocycles. The topological polar surface area (TPSA) is 102 Å². The molecular formula is C13H15N3O5. The zero-order valence-corrected chi connectivity index (χ0v) is 11.4. The summed E-state index contributed by atoms with van der Waals surface area (Å²) in [4.78, 5) is 34.5. The summed E-state index contributed by atoms with van der Waals surface area (Å²) in [7, 11) is 1.72. The minimum atomic E-state index is -0.647. The summed E-state index contributed by atoms with van der Waals surface area (Å²) in [6.45, 7) is 0.957. The van der Waals surface area contributed by atoms with E-state index in [2.05, 4.69) is 5.32 Å². The van der Waals surface area contributed by atoms with Crippen molar-refractivity contribution in [2.75, 3.05) is 20.1 Å². The van der Waals surface area contributed by atoms with E-state index in [4.69, 9.17) is 4.74 Å². The van der Waals surface area contributed by atoms with E-state index in [0.717, 1.165) is 0 Å². The molecule has 1 aliphatic rings. The highest BCUT2D eigenvalue weighted by Gasteiger charge is 2.26. The first kappa shape index (κ1) is 14.8. The molecule has 0 saturated carbocycles. The van der Waals surface area contributed by atoms with E-state index in [1.165, 1.54) is 24.3 Å². The van der Waals surface area contributed by atoms with E-state index < -0.39 is 11.0 Å². The Balaban J connectivity index is 1.79. The zero-order valence-electron chi connectivity index (χ0n) is 11.4. The number of rotatable bonds is 4. The number of benzene rings is 1. The number of non-ortho nitro benzene ring substituents is 1. The maximum Gasteiger partial charge on any atom is 0.412 e. The normalized spacial score (nSPS) is 17.7. The van der Waals surface area contributed by atoms with Crippen LogP contribution in [0.4, 0.5) is 10.5 Å². The summed E-state index contributed by atoms with van der Waals surface area (Å²) in [6.07, 6.45) is -0.236. The quantitative estimate of drug-likeness (QED) is 0.663. The van der Waals surface area contributed by atoms with Crippen LogP contribution < -0.4 is 10.1 Å². The number of carbonyl (C=O) groups is 2. The van der Waals surface area contributed by atoms with Crippen molar-refractivity contribution >= 4 is 17.7 Å². The van der Waals surface area contributed by atoms with Crippen LogP contribution in [0.25, 0.3) is 0 Å². The fourth-order valence-electron chi connectivity index (χ4n) is 2.10. The standard InChI is InChI=1S/C13H15N3O5/c1-15-8-9(6-12(15)17)7-14-13(18)21-11-4-2-10(3-5-11)16(19)20/h2-5,9H,6-8H2,1H3,(H,14,18). The van der Waals surface area contributed by atoms with Gasteiger partial charge in [-0.2, -0.15) is 0 Å². The van der Waals surface area contributed by atoms with Gasteiger partial charge in [-0.05, 0) is 12.1 Å². The van der Waals surface area contributed by atoms with Gasteiger partial charge in [0.15, 0.2) is 0 Å². The van der Waals surface area contributed by atoms with E-state index in [-0.39, 0.29) is 23.3 Å². The van der Waals surface area contributed by atoms with E-state index >= 15 is 0 Å². The van der Waals surface area contributed by atoms with Crippen molar-refractivity contribution in [1.29, 1.82) is 0 Å². The molecule has 21 heavy (non-hydrogen) atoms. The Morgan fingerprint density at radius 1 is 1.48 bits per heavy atom. The number of amides is 2. The van der Waals surface area contributed by atoms with Crippen LogP contribution in [-0.4, -0.2) is 42.0 Å². The molecule has 0 bridgehead atoms. The van der Waals surface area contributed by atoms with Crippen LogP contribution in [0.15, 0.2) is 24.3 Å². The number of nitrogens with one attached hydrogen (secondary N) is 1. The van der Waals surface area contributed by atoms with E-state index in [1.807, 2.05) is 0 Å². The molecule has 2 rings (SSSR count). The minimum absolute atomic E-state index is 0.0607. The van der Waals surface area contributed by atoms with E-state index in [9.17, 15) is 19.7 Å². The summed E-state index contributed by atoms with van der Waals surface area (Å²) in [5.74, 6) is 0.357. The highest BCUT2D eigenvalue weighted by atomic mass is 16.6. The fourth-order valence-corrected chi connectivity index (χ4v) is 2.10. The SMILES string of the molecule is CN1CC(CNC(=O)Oc2ccc([N+](=O)[O-])cc2)CC1=O. The third-order valence-corrected chi connectivity index (χ3v) is 3.21. The average Bonchev–Trinajstić information content (AvgIpc) is 2.76. The van der Waals surface area contributed by atoms with Crippen molar-refractivity contribution in [3.63, 3.8) is 0 Å². The second-order valence-corrected chi connectivity index (χ2v) is 4.87. The molecule has 0 aromatic heterocycles. The molecule has 1 atom stereocenters.